The van der Waals surface area contributed by atoms with E-state index in [9.17, 15) is 9.59 Å². The second-order valence-corrected chi connectivity index (χ2v) is 7.66. The van der Waals surface area contributed by atoms with Gasteiger partial charge in [0.1, 0.15) is 6.61 Å². The lowest BCUT2D eigenvalue weighted by Crippen LogP contribution is -2.23. The van der Waals surface area contributed by atoms with Crippen LogP contribution in [-0.2, 0) is 17.9 Å². The molecule has 0 fully saturated rings. The molecule has 0 aliphatic rings. The van der Waals surface area contributed by atoms with E-state index in [1.807, 2.05) is 61.5 Å². The van der Waals surface area contributed by atoms with E-state index < -0.39 is 0 Å². The van der Waals surface area contributed by atoms with E-state index in [0.29, 0.717) is 42.4 Å². The van der Waals surface area contributed by atoms with Crippen molar-refractivity contribution >= 4 is 17.5 Å². The van der Waals surface area contributed by atoms with Gasteiger partial charge in [0.05, 0.1) is 14.2 Å². The normalized spacial score (nSPS) is 10.3. The summed E-state index contributed by atoms with van der Waals surface area (Å²) in [6.45, 7) is 2.63. The number of methoxy groups -OCH3 is 2. The molecule has 3 rings (SSSR count). The summed E-state index contributed by atoms with van der Waals surface area (Å²) >= 11 is 0. The Labute approximate surface area is 200 Å². The van der Waals surface area contributed by atoms with Gasteiger partial charge in [-0.15, -0.1) is 0 Å². The van der Waals surface area contributed by atoms with Crippen molar-refractivity contribution in [1.82, 2.24) is 5.32 Å². The monoisotopic (exact) mass is 462 g/mol. The van der Waals surface area contributed by atoms with Crippen molar-refractivity contribution in [3.63, 3.8) is 0 Å². The molecule has 0 unspecified atom stereocenters. The van der Waals surface area contributed by atoms with Gasteiger partial charge < -0.3 is 24.8 Å². The molecule has 7 nitrogen and oxygen atoms in total. The van der Waals surface area contributed by atoms with E-state index in [0.717, 1.165) is 23.2 Å². The van der Waals surface area contributed by atoms with Gasteiger partial charge in [0, 0.05) is 24.2 Å². The molecule has 0 atom stereocenters. The van der Waals surface area contributed by atoms with E-state index in [1.54, 1.807) is 12.1 Å². The average molecular weight is 463 g/mol. The highest BCUT2D eigenvalue weighted by molar-refractivity contribution is 5.95. The molecule has 7 heteroatoms. The number of nitrogens with one attached hydrogen (secondary N) is 2. The molecular weight excluding hydrogens is 432 g/mol. The van der Waals surface area contributed by atoms with Crippen molar-refractivity contribution in [1.29, 1.82) is 0 Å². The molecule has 0 saturated carbocycles. The fourth-order valence-corrected chi connectivity index (χ4v) is 3.32. The quantitative estimate of drug-likeness (QED) is 0.421. The fraction of sp³-hybridized carbons (Fsp3) is 0.259. The molecule has 2 amide bonds. The summed E-state index contributed by atoms with van der Waals surface area (Å²) in [5, 5.41) is 5.74. The summed E-state index contributed by atoms with van der Waals surface area (Å²) in [6, 6.07) is 20.4. The minimum atomic E-state index is -0.272. The largest absolute Gasteiger partial charge is 0.493 e. The lowest BCUT2D eigenvalue weighted by molar-refractivity contribution is -0.116. The first-order chi connectivity index (χ1) is 16.5. The van der Waals surface area contributed by atoms with Crippen molar-refractivity contribution in [2.24, 2.45) is 0 Å². The van der Waals surface area contributed by atoms with Crippen molar-refractivity contribution < 1.29 is 23.8 Å². The number of hydrogen-bond acceptors (Lipinski definition) is 5. The topological polar surface area (TPSA) is 85.9 Å². The molecule has 0 radical (unpaired) electrons. The Morgan fingerprint density at radius 1 is 0.853 bits per heavy atom. The molecule has 0 saturated heterocycles. The van der Waals surface area contributed by atoms with Crippen LogP contribution in [-0.4, -0.2) is 26.0 Å². The molecule has 0 spiro atoms. The number of anilines is 1. The maximum Gasteiger partial charge on any atom is 0.251 e. The van der Waals surface area contributed by atoms with Gasteiger partial charge in [-0.05, 0) is 41.8 Å². The minimum Gasteiger partial charge on any atom is -0.493 e. The second kappa shape index (κ2) is 12.3. The van der Waals surface area contributed by atoms with E-state index in [4.69, 9.17) is 14.2 Å². The molecule has 178 valence electrons. The van der Waals surface area contributed by atoms with Gasteiger partial charge in [-0.1, -0.05) is 49.4 Å². The Balaban J connectivity index is 1.65. The van der Waals surface area contributed by atoms with Crippen LogP contribution in [0.4, 0.5) is 5.69 Å². The first-order valence-corrected chi connectivity index (χ1v) is 11.1. The van der Waals surface area contributed by atoms with Crippen LogP contribution in [0, 0.1) is 0 Å². The van der Waals surface area contributed by atoms with Crippen LogP contribution in [0.25, 0.3) is 0 Å². The average Bonchev–Trinajstić information content (AvgIpc) is 2.87. The first-order valence-electron chi connectivity index (χ1n) is 11.1. The van der Waals surface area contributed by atoms with Crippen LogP contribution in [0.5, 0.6) is 17.2 Å². The molecule has 3 aromatic rings. The Bertz CT molecular complexity index is 1070. The maximum absolute atomic E-state index is 12.8. The first kappa shape index (κ1) is 24.6. The molecule has 3 aromatic carbocycles. The molecule has 2 N–H and O–H groups in total. The van der Waals surface area contributed by atoms with Crippen LogP contribution in [0.1, 0.15) is 41.3 Å². The molecule has 34 heavy (non-hydrogen) atoms. The highest BCUT2D eigenvalue weighted by atomic mass is 16.5. The van der Waals surface area contributed by atoms with Crippen LogP contribution < -0.4 is 24.8 Å². The highest BCUT2D eigenvalue weighted by Crippen LogP contribution is 2.39. The Morgan fingerprint density at radius 3 is 2.09 bits per heavy atom. The number of ether oxygens (including phenoxy) is 3. The van der Waals surface area contributed by atoms with Gasteiger partial charge in [0.25, 0.3) is 5.91 Å². The summed E-state index contributed by atoms with van der Waals surface area (Å²) in [6.07, 6.45) is 1.28. The van der Waals surface area contributed by atoms with Crippen molar-refractivity contribution in [2.45, 2.75) is 32.9 Å². The van der Waals surface area contributed by atoms with Gasteiger partial charge in [-0.3, -0.25) is 9.59 Å². The van der Waals surface area contributed by atoms with E-state index in [1.165, 1.54) is 14.2 Å². The smallest absolute Gasteiger partial charge is 0.251 e. The highest BCUT2D eigenvalue weighted by Gasteiger charge is 2.18. The van der Waals surface area contributed by atoms with E-state index in [2.05, 4.69) is 10.6 Å². The summed E-state index contributed by atoms with van der Waals surface area (Å²) in [5.74, 6) is 0.973. The second-order valence-electron chi connectivity index (χ2n) is 7.66. The van der Waals surface area contributed by atoms with Crippen LogP contribution >= 0.6 is 0 Å². The third kappa shape index (κ3) is 6.75. The van der Waals surface area contributed by atoms with Crippen molar-refractivity contribution in [2.75, 3.05) is 19.5 Å². The van der Waals surface area contributed by atoms with Crippen LogP contribution in [0.15, 0.2) is 66.7 Å². The number of carbonyl (C=O) groups excluding carboxylic acids is 2. The number of benzene rings is 3. The lowest BCUT2D eigenvalue weighted by Gasteiger charge is -2.16. The molecule has 0 bridgehead atoms. The third-order valence-electron chi connectivity index (χ3n) is 5.12. The van der Waals surface area contributed by atoms with Gasteiger partial charge in [0.15, 0.2) is 11.5 Å². The van der Waals surface area contributed by atoms with Crippen LogP contribution in [0.2, 0.25) is 0 Å². The predicted molar refractivity (Wildman–Crippen MR) is 131 cm³/mol. The maximum atomic E-state index is 12.8. The summed E-state index contributed by atoms with van der Waals surface area (Å²) < 4.78 is 16.9. The minimum absolute atomic E-state index is 0.0114. The molecule has 0 aliphatic carbocycles. The fourth-order valence-electron chi connectivity index (χ4n) is 3.32. The van der Waals surface area contributed by atoms with Crippen molar-refractivity contribution in [3.05, 3.63) is 83.4 Å². The SMILES string of the molecule is CCCC(=O)Nc1ccc(CNC(=O)c2cc(OC)c(OCc3ccccc3)c(OC)c2)cc1. The molecule has 0 heterocycles. The Hall–Kier alpha value is -4.00. The summed E-state index contributed by atoms with van der Waals surface area (Å²) in [4.78, 5) is 24.5. The lowest BCUT2D eigenvalue weighted by atomic mass is 10.1. The van der Waals surface area contributed by atoms with Gasteiger partial charge in [-0.25, -0.2) is 0 Å². The number of rotatable bonds is 11. The molecule has 0 aromatic heterocycles. The third-order valence-corrected chi connectivity index (χ3v) is 5.12. The van der Waals surface area contributed by atoms with Gasteiger partial charge in [0.2, 0.25) is 11.7 Å². The molecule has 0 aliphatic heterocycles. The zero-order valence-electron chi connectivity index (χ0n) is 19.7. The molecular formula is C27H30N2O5. The standard InChI is InChI=1S/C27H30N2O5/c1-4-8-25(30)29-22-13-11-19(12-14-22)17-28-27(31)21-15-23(32-2)26(24(16-21)33-3)34-18-20-9-6-5-7-10-20/h5-7,9-16H,4,8,17-18H2,1-3H3,(H,28,31)(H,29,30). The number of amides is 2. The number of hydrogen-bond donors (Lipinski definition) is 2. The van der Waals surface area contributed by atoms with E-state index in [-0.39, 0.29) is 11.8 Å². The zero-order valence-corrected chi connectivity index (χ0v) is 19.7. The zero-order chi connectivity index (χ0) is 24.3. The van der Waals surface area contributed by atoms with E-state index >= 15 is 0 Å². The summed E-state index contributed by atoms with van der Waals surface area (Å²) in [7, 11) is 3.04. The van der Waals surface area contributed by atoms with Crippen LogP contribution in [0.3, 0.4) is 0 Å². The van der Waals surface area contributed by atoms with Gasteiger partial charge in [-0.2, -0.15) is 0 Å². The van der Waals surface area contributed by atoms with Crippen molar-refractivity contribution in [3.8, 4) is 17.2 Å². The Kier molecular flexibility index (Phi) is 8.91. The predicted octanol–water partition coefficient (Wildman–Crippen LogP) is 4.95. The van der Waals surface area contributed by atoms with Gasteiger partial charge >= 0.3 is 0 Å². The number of carbonyl (C=O) groups is 2. The Morgan fingerprint density at radius 2 is 1.50 bits per heavy atom. The summed E-state index contributed by atoms with van der Waals surface area (Å²) in [5.41, 5.74) is 3.03.